The molecule has 0 unspecified atom stereocenters. The number of amides is 3. The Bertz CT molecular complexity index is 896. The van der Waals surface area contributed by atoms with Crippen molar-refractivity contribution in [3.63, 3.8) is 0 Å². The first-order valence-electron chi connectivity index (χ1n) is 8.93. The van der Waals surface area contributed by atoms with Crippen LogP contribution in [0.2, 0.25) is 5.02 Å². The second kappa shape index (κ2) is 9.37. The van der Waals surface area contributed by atoms with E-state index >= 15 is 0 Å². The van der Waals surface area contributed by atoms with E-state index in [4.69, 9.17) is 11.6 Å². The largest absolute Gasteiger partial charge is 0.340 e. The fourth-order valence-corrected chi connectivity index (χ4v) is 2.95. The molecule has 0 bridgehead atoms. The van der Waals surface area contributed by atoms with Crippen molar-refractivity contribution in [2.75, 3.05) is 0 Å². The van der Waals surface area contributed by atoms with Crippen molar-refractivity contribution in [2.45, 2.75) is 33.7 Å². The second-order valence-corrected chi connectivity index (χ2v) is 7.34. The van der Waals surface area contributed by atoms with Crippen LogP contribution in [0.3, 0.4) is 0 Å². The predicted molar refractivity (Wildman–Crippen MR) is 109 cm³/mol. The standard InChI is InChI=1S/C21H24ClN3O3/c1-12(2)18(23-19(26)16-7-5-6-8-17(16)22)21(28)25-24-20(27)15-10-9-13(3)11-14(15)4/h5-12,18H,1-4H3,(H,23,26)(H,24,27)(H,25,28)/t18-/m0/s1. The second-order valence-electron chi connectivity index (χ2n) is 6.94. The van der Waals surface area contributed by atoms with Crippen molar-refractivity contribution < 1.29 is 14.4 Å². The lowest BCUT2D eigenvalue weighted by atomic mass is 10.0. The minimum absolute atomic E-state index is 0.204. The molecule has 0 spiro atoms. The van der Waals surface area contributed by atoms with Crippen molar-refractivity contribution in [3.8, 4) is 0 Å². The van der Waals surface area contributed by atoms with Gasteiger partial charge in [-0.3, -0.25) is 25.2 Å². The summed E-state index contributed by atoms with van der Waals surface area (Å²) in [5, 5.41) is 2.97. The zero-order valence-electron chi connectivity index (χ0n) is 16.3. The number of hydrazine groups is 1. The van der Waals surface area contributed by atoms with Crippen molar-refractivity contribution in [1.82, 2.24) is 16.2 Å². The molecule has 0 aliphatic heterocycles. The molecule has 28 heavy (non-hydrogen) atoms. The summed E-state index contributed by atoms with van der Waals surface area (Å²) in [6.07, 6.45) is 0. The molecule has 148 valence electrons. The predicted octanol–water partition coefficient (Wildman–Crippen LogP) is 3.17. The van der Waals surface area contributed by atoms with Crippen LogP contribution in [0.15, 0.2) is 42.5 Å². The molecule has 7 heteroatoms. The number of hydrogen-bond donors (Lipinski definition) is 3. The molecule has 0 saturated carbocycles. The Morgan fingerprint density at radius 1 is 0.893 bits per heavy atom. The number of benzene rings is 2. The van der Waals surface area contributed by atoms with Crippen LogP contribution in [-0.4, -0.2) is 23.8 Å². The Balaban J connectivity index is 2.03. The average molecular weight is 402 g/mol. The van der Waals surface area contributed by atoms with Gasteiger partial charge in [-0.15, -0.1) is 0 Å². The van der Waals surface area contributed by atoms with Crippen molar-refractivity contribution in [3.05, 3.63) is 69.7 Å². The molecule has 2 rings (SSSR count). The fraction of sp³-hybridized carbons (Fsp3) is 0.286. The van der Waals surface area contributed by atoms with E-state index in [1.807, 2.05) is 26.0 Å². The maximum Gasteiger partial charge on any atom is 0.269 e. The molecule has 0 aromatic heterocycles. The summed E-state index contributed by atoms with van der Waals surface area (Å²) in [6.45, 7) is 7.35. The van der Waals surface area contributed by atoms with Gasteiger partial charge in [-0.2, -0.15) is 0 Å². The number of nitrogens with one attached hydrogen (secondary N) is 3. The van der Waals surface area contributed by atoms with Gasteiger partial charge in [0.05, 0.1) is 10.6 Å². The summed E-state index contributed by atoms with van der Waals surface area (Å²) in [6, 6.07) is 11.2. The lowest BCUT2D eigenvalue weighted by molar-refractivity contribution is -0.124. The molecule has 0 aliphatic rings. The van der Waals surface area contributed by atoms with Crippen LogP contribution in [0.25, 0.3) is 0 Å². The average Bonchev–Trinajstić information content (AvgIpc) is 2.63. The SMILES string of the molecule is Cc1ccc(C(=O)NNC(=O)[C@@H](NC(=O)c2ccccc2Cl)C(C)C)c(C)c1. The molecule has 0 saturated heterocycles. The lowest BCUT2D eigenvalue weighted by Gasteiger charge is -2.22. The van der Waals surface area contributed by atoms with E-state index in [2.05, 4.69) is 16.2 Å². The van der Waals surface area contributed by atoms with Crippen LogP contribution in [0.1, 0.15) is 45.7 Å². The van der Waals surface area contributed by atoms with Gasteiger partial charge in [0.1, 0.15) is 6.04 Å². The zero-order valence-corrected chi connectivity index (χ0v) is 17.1. The molecule has 3 amide bonds. The number of aryl methyl sites for hydroxylation is 2. The van der Waals surface area contributed by atoms with Crippen LogP contribution in [-0.2, 0) is 4.79 Å². The van der Waals surface area contributed by atoms with E-state index in [0.29, 0.717) is 10.6 Å². The Morgan fingerprint density at radius 2 is 1.57 bits per heavy atom. The molecule has 0 radical (unpaired) electrons. The van der Waals surface area contributed by atoms with Gasteiger partial charge in [-0.1, -0.05) is 55.3 Å². The quantitative estimate of drug-likeness (QED) is 0.672. The Hall–Kier alpha value is -2.86. The molecule has 2 aromatic rings. The van der Waals surface area contributed by atoms with Gasteiger partial charge in [0.15, 0.2) is 0 Å². The monoisotopic (exact) mass is 401 g/mol. The third kappa shape index (κ3) is 5.33. The molecular weight excluding hydrogens is 378 g/mol. The number of carbonyl (C=O) groups is 3. The van der Waals surface area contributed by atoms with Crippen LogP contribution < -0.4 is 16.2 Å². The molecule has 0 fully saturated rings. The van der Waals surface area contributed by atoms with E-state index in [0.717, 1.165) is 11.1 Å². The Morgan fingerprint density at radius 3 is 2.18 bits per heavy atom. The lowest BCUT2D eigenvalue weighted by Crippen LogP contribution is -2.54. The normalized spacial score (nSPS) is 11.6. The topological polar surface area (TPSA) is 87.3 Å². The van der Waals surface area contributed by atoms with Gasteiger partial charge in [-0.25, -0.2) is 0 Å². The summed E-state index contributed by atoms with van der Waals surface area (Å²) >= 11 is 6.04. The van der Waals surface area contributed by atoms with Crippen molar-refractivity contribution in [1.29, 1.82) is 0 Å². The molecule has 2 aromatic carbocycles. The van der Waals surface area contributed by atoms with Gasteiger partial charge in [-0.05, 0) is 43.5 Å². The molecule has 0 heterocycles. The van der Waals surface area contributed by atoms with Gasteiger partial charge in [0.2, 0.25) is 0 Å². The Labute approximate surface area is 169 Å². The maximum absolute atomic E-state index is 12.5. The molecular formula is C21H24ClN3O3. The highest BCUT2D eigenvalue weighted by molar-refractivity contribution is 6.33. The fourth-order valence-electron chi connectivity index (χ4n) is 2.73. The van der Waals surface area contributed by atoms with E-state index in [9.17, 15) is 14.4 Å². The number of halogens is 1. The minimum Gasteiger partial charge on any atom is -0.340 e. The summed E-state index contributed by atoms with van der Waals surface area (Å²) in [7, 11) is 0. The molecule has 1 atom stereocenters. The van der Waals surface area contributed by atoms with Gasteiger partial charge < -0.3 is 5.32 Å². The molecule has 6 nitrogen and oxygen atoms in total. The first-order valence-corrected chi connectivity index (χ1v) is 9.31. The van der Waals surface area contributed by atoms with E-state index in [1.54, 1.807) is 44.2 Å². The first-order chi connectivity index (χ1) is 13.2. The summed E-state index contributed by atoms with van der Waals surface area (Å²) in [5.41, 5.74) is 7.38. The van der Waals surface area contributed by atoms with E-state index < -0.39 is 23.8 Å². The van der Waals surface area contributed by atoms with E-state index in [1.165, 1.54) is 0 Å². The van der Waals surface area contributed by atoms with E-state index in [-0.39, 0.29) is 11.5 Å². The van der Waals surface area contributed by atoms with Crippen LogP contribution in [0, 0.1) is 19.8 Å². The van der Waals surface area contributed by atoms with Crippen molar-refractivity contribution in [2.24, 2.45) is 5.92 Å². The van der Waals surface area contributed by atoms with Crippen molar-refractivity contribution >= 4 is 29.3 Å². The summed E-state index contributed by atoms with van der Waals surface area (Å²) < 4.78 is 0. The zero-order chi connectivity index (χ0) is 20.8. The maximum atomic E-state index is 12.5. The highest BCUT2D eigenvalue weighted by atomic mass is 35.5. The minimum atomic E-state index is -0.844. The van der Waals surface area contributed by atoms with Crippen LogP contribution in [0.5, 0.6) is 0 Å². The Kier molecular flexibility index (Phi) is 7.18. The first kappa shape index (κ1) is 21.4. The number of hydrogen-bond acceptors (Lipinski definition) is 3. The third-order valence-corrected chi connectivity index (χ3v) is 4.61. The van der Waals surface area contributed by atoms with Crippen LogP contribution >= 0.6 is 11.6 Å². The number of carbonyl (C=O) groups excluding carboxylic acids is 3. The van der Waals surface area contributed by atoms with Gasteiger partial charge in [0, 0.05) is 5.56 Å². The molecule has 3 N–H and O–H groups in total. The smallest absolute Gasteiger partial charge is 0.269 e. The summed E-state index contributed by atoms with van der Waals surface area (Å²) in [5.74, 6) is -1.61. The summed E-state index contributed by atoms with van der Waals surface area (Å²) in [4.78, 5) is 37.3. The highest BCUT2D eigenvalue weighted by Crippen LogP contribution is 2.15. The van der Waals surface area contributed by atoms with Gasteiger partial charge >= 0.3 is 0 Å². The molecule has 0 aliphatic carbocycles. The van der Waals surface area contributed by atoms with Crippen LogP contribution in [0.4, 0.5) is 0 Å². The van der Waals surface area contributed by atoms with Gasteiger partial charge in [0.25, 0.3) is 17.7 Å². The number of rotatable bonds is 5. The highest BCUT2D eigenvalue weighted by Gasteiger charge is 2.26. The third-order valence-electron chi connectivity index (χ3n) is 4.28.